The first kappa shape index (κ1) is 14.1. The molecule has 3 nitrogen and oxygen atoms in total. The molecule has 2 fully saturated rings. The monoisotopic (exact) mass is 321 g/mol. The van der Waals surface area contributed by atoms with E-state index in [9.17, 15) is 9.18 Å². The third kappa shape index (κ3) is 2.81. The summed E-state index contributed by atoms with van der Waals surface area (Å²) < 4.78 is 19.8. The molecule has 1 saturated heterocycles. The number of hydrogen-bond donors (Lipinski definition) is 0. The van der Waals surface area contributed by atoms with E-state index in [2.05, 4.69) is 15.9 Å². The topological polar surface area (TPSA) is 29.5 Å². The predicted molar refractivity (Wildman–Crippen MR) is 71.8 cm³/mol. The quantitative estimate of drug-likeness (QED) is 0.690. The molecule has 104 valence electrons. The Balaban J connectivity index is 2.06. The van der Waals surface area contributed by atoms with E-state index >= 15 is 0 Å². The van der Waals surface area contributed by atoms with Crippen molar-refractivity contribution in [3.05, 3.63) is 0 Å². The Hall–Kier alpha value is -0.320. The van der Waals surface area contributed by atoms with Gasteiger partial charge in [-0.15, -0.1) is 0 Å². The lowest BCUT2D eigenvalue weighted by atomic mass is 9.88. The molecule has 0 bridgehead atoms. The van der Waals surface area contributed by atoms with Gasteiger partial charge in [0.1, 0.15) is 11.3 Å². The van der Waals surface area contributed by atoms with Crippen molar-refractivity contribution in [2.75, 3.05) is 11.9 Å². The van der Waals surface area contributed by atoms with Crippen molar-refractivity contribution in [1.29, 1.82) is 0 Å². The second-order valence-corrected chi connectivity index (χ2v) is 7.13. The van der Waals surface area contributed by atoms with Gasteiger partial charge in [-0.1, -0.05) is 15.9 Å². The Labute approximate surface area is 116 Å². The number of amides is 1. The van der Waals surface area contributed by atoms with Gasteiger partial charge in [0.25, 0.3) is 0 Å². The average molecular weight is 322 g/mol. The van der Waals surface area contributed by atoms with Crippen LogP contribution < -0.4 is 0 Å². The molecule has 0 N–H and O–H groups in total. The van der Waals surface area contributed by atoms with E-state index in [-0.39, 0.29) is 11.6 Å². The Kier molecular flexibility index (Phi) is 3.41. The molecule has 0 radical (unpaired) electrons. The van der Waals surface area contributed by atoms with Crippen molar-refractivity contribution in [2.24, 2.45) is 0 Å². The summed E-state index contributed by atoms with van der Waals surface area (Å²) in [5.74, 6) is 0. The number of alkyl halides is 2. The number of likely N-dealkylation sites (tertiary alicyclic amines) is 1. The maximum absolute atomic E-state index is 14.4. The lowest BCUT2D eigenvalue weighted by Crippen LogP contribution is -2.54. The van der Waals surface area contributed by atoms with Crippen LogP contribution in [0.3, 0.4) is 0 Å². The first-order chi connectivity index (χ1) is 8.20. The van der Waals surface area contributed by atoms with Crippen LogP contribution in [-0.2, 0) is 4.74 Å². The minimum Gasteiger partial charge on any atom is -0.444 e. The number of hydrogen-bond acceptors (Lipinski definition) is 2. The van der Waals surface area contributed by atoms with Crippen LogP contribution >= 0.6 is 15.9 Å². The van der Waals surface area contributed by atoms with Gasteiger partial charge < -0.3 is 9.64 Å². The van der Waals surface area contributed by atoms with Gasteiger partial charge in [0.2, 0.25) is 0 Å². The van der Waals surface area contributed by atoms with E-state index in [4.69, 9.17) is 4.74 Å². The molecule has 1 aliphatic heterocycles. The summed E-state index contributed by atoms with van der Waals surface area (Å²) in [5, 5.41) is 0.351. The Morgan fingerprint density at radius 3 is 2.44 bits per heavy atom. The fourth-order valence-electron chi connectivity index (χ4n) is 2.63. The first-order valence-corrected chi connectivity index (χ1v) is 7.57. The summed E-state index contributed by atoms with van der Waals surface area (Å²) in [6.07, 6.45) is 2.32. The number of nitrogens with zero attached hydrogens (tertiary/aromatic N) is 1. The molecule has 0 aromatic heterocycles. The third-order valence-corrected chi connectivity index (χ3v) is 4.69. The highest BCUT2D eigenvalue weighted by atomic mass is 79.9. The van der Waals surface area contributed by atoms with Gasteiger partial charge in [-0.05, 0) is 33.6 Å². The van der Waals surface area contributed by atoms with Gasteiger partial charge in [0.05, 0.1) is 0 Å². The van der Waals surface area contributed by atoms with Gasteiger partial charge in [-0.2, -0.15) is 0 Å². The molecule has 1 spiro atoms. The van der Waals surface area contributed by atoms with Crippen LogP contribution in [0, 0.1) is 0 Å². The van der Waals surface area contributed by atoms with E-state index in [1.165, 1.54) is 0 Å². The zero-order chi connectivity index (χ0) is 13.6. The van der Waals surface area contributed by atoms with Crippen molar-refractivity contribution >= 4 is 22.0 Å². The van der Waals surface area contributed by atoms with E-state index in [1.807, 2.05) is 20.8 Å². The number of ether oxygens (including phenoxy) is 1. The molecule has 1 aliphatic carbocycles. The van der Waals surface area contributed by atoms with Crippen LogP contribution in [0.4, 0.5) is 9.18 Å². The highest BCUT2D eigenvalue weighted by Gasteiger charge is 2.58. The smallest absolute Gasteiger partial charge is 0.410 e. The van der Waals surface area contributed by atoms with Crippen LogP contribution in [0.25, 0.3) is 0 Å². The Morgan fingerprint density at radius 2 is 2.00 bits per heavy atom. The average Bonchev–Trinajstić information content (AvgIpc) is 2.95. The lowest BCUT2D eigenvalue weighted by Gasteiger charge is -2.43. The van der Waals surface area contributed by atoms with Crippen molar-refractivity contribution in [2.45, 2.75) is 63.3 Å². The summed E-state index contributed by atoms with van der Waals surface area (Å²) in [6, 6.07) is 0. The van der Waals surface area contributed by atoms with Gasteiger partial charge in [0, 0.05) is 30.3 Å². The predicted octanol–water partition coefficient (Wildman–Crippen LogP) is 3.65. The molecule has 2 rings (SSSR count). The SMILES string of the molecule is CC(C)(C)OC(=O)N1CCC(F)(CBr)CC12CC2. The molecule has 1 saturated carbocycles. The molecule has 5 heteroatoms. The number of rotatable bonds is 1. The van der Waals surface area contributed by atoms with Crippen molar-refractivity contribution in [3.8, 4) is 0 Å². The first-order valence-electron chi connectivity index (χ1n) is 6.45. The van der Waals surface area contributed by atoms with Gasteiger partial charge >= 0.3 is 6.09 Å². The maximum atomic E-state index is 14.4. The van der Waals surface area contributed by atoms with Gasteiger partial charge in [-0.3, -0.25) is 0 Å². The Bertz CT molecular complexity index is 351. The molecule has 1 atom stereocenters. The summed E-state index contributed by atoms with van der Waals surface area (Å²) in [4.78, 5) is 13.9. The van der Waals surface area contributed by atoms with Crippen molar-refractivity contribution in [1.82, 2.24) is 4.90 Å². The minimum atomic E-state index is -1.17. The molecular weight excluding hydrogens is 301 g/mol. The summed E-state index contributed by atoms with van der Waals surface area (Å²) in [7, 11) is 0. The fourth-order valence-corrected chi connectivity index (χ4v) is 3.11. The highest BCUT2D eigenvalue weighted by Crippen LogP contribution is 2.53. The highest BCUT2D eigenvalue weighted by molar-refractivity contribution is 9.09. The lowest BCUT2D eigenvalue weighted by molar-refractivity contribution is -0.0183. The second kappa shape index (κ2) is 4.36. The van der Waals surface area contributed by atoms with Crippen LogP contribution in [0.5, 0.6) is 0 Å². The second-order valence-electron chi connectivity index (χ2n) is 6.57. The molecule has 1 amide bonds. The van der Waals surface area contributed by atoms with E-state index in [0.29, 0.717) is 24.7 Å². The van der Waals surface area contributed by atoms with E-state index < -0.39 is 11.3 Å². The summed E-state index contributed by atoms with van der Waals surface area (Å²) in [5.41, 5.74) is -1.94. The zero-order valence-corrected chi connectivity index (χ0v) is 12.8. The summed E-state index contributed by atoms with van der Waals surface area (Å²) >= 11 is 3.24. The fraction of sp³-hybridized carbons (Fsp3) is 0.923. The van der Waals surface area contributed by atoms with E-state index in [1.54, 1.807) is 4.90 Å². The molecule has 18 heavy (non-hydrogen) atoms. The number of piperidine rings is 1. The number of halogens is 2. The van der Waals surface area contributed by atoms with Crippen LogP contribution in [-0.4, -0.2) is 39.7 Å². The Morgan fingerprint density at radius 1 is 1.39 bits per heavy atom. The van der Waals surface area contributed by atoms with Gasteiger partial charge in [-0.25, -0.2) is 9.18 Å². The van der Waals surface area contributed by atoms with Crippen molar-refractivity contribution in [3.63, 3.8) is 0 Å². The molecule has 0 aromatic carbocycles. The molecule has 0 aromatic rings. The molecule has 1 unspecified atom stereocenters. The number of carbonyl (C=O) groups is 1. The zero-order valence-electron chi connectivity index (χ0n) is 11.3. The molecule has 1 heterocycles. The summed E-state index contributed by atoms with van der Waals surface area (Å²) in [6.45, 7) is 6.02. The van der Waals surface area contributed by atoms with Crippen LogP contribution in [0.1, 0.15) is 46.5 Å². The standard InChI is InChI=1S/C13H21BrFNO2/c1-11(2,3)18-10(17)16-7-6-12(15,9-14)8-13(16)4-5-13/h4-9H2,1-3H3. The van der Waals surface area contributed by atoms with E-state index in [0.717, 1.165) is 12.8 Å². The van der Waals surface area contributed by atoms with Gasteiger partial charge in [0.15, 0.2) is 0 Å². The number of carbonyl (C=O) groups excluding carboxylic acids is 1. The third-order valence-electron chi connectivity index (χ3n) is 3.68. The molecular formula is C13H21BrFNO2. The normalized spacial score (nSPS) is 30.4. The van der Waals surface area contributed by atoms with Crippen molar-refractivity contribution < 1.29 is 13.9 Å². The van der Waals surface area contributed by atoms with Crippen LogP contribution in [0.2, 0.25) is 0 Å². The largest absolute Gasteiger partial charge is 0.444 e. The minimum absolute atomic E-state index is 0.275. The molecule has 2 aliphatic rings. The maximum Gasteiger partial charge on any atom is 0.410 e. The van der Waals surface area contributed by atoms with Crippen LogP contribution in [0.15, 0.2) is 0 Å².